The molecule has 0 aliphatic carbocycles. The fraction of sp³-hybridized carbons (Fsp3) is 0.385. The first-order valence-corrected chi connectivity index (χ1v) is 6.20. The number of nitrogens with one attached hydrogen (secondary N) is 1. The Balaban J connectivity index is 2.88. The number of esters is 1. The van der Waals surface area contributed by atoms with Gasteiger partial charge in [0.15, 0.2) is 5.75 Å². The minimum absolute atomic E-state index is 0.0311. The highest BCUT2D eigenvalue weighted by molar-refractivity contribution is 5.97. The largest absolute Gasteiger partial charge is 0.490 e. The number of methoxy groups -OCH3 is 1. The van der Waals surface area contributed by atoms with Crippen LogP contribution in [0.5, 0.6) is 5.75 Å². The predicted octanol–water partition coefficient (Wildman–Crippen LogP) is 1.28. The Hall–Kier alpha value is -2.64. The molecule has 0 spiro atoms. The summed E-state index contributed by atoms with van der Waals surface area (Å²) in [5.74, 6) is -1.14. The van der Waals surface area contributed by atoms with Gasteiger partial charge in [-0.3, -0.25) is 14.9 Å². The Bertz CT molecular complexity index is 558. The first kappa shape index (κ1) is 16.4. The van der Waals surface area contributed by atoms with E-state index in [1.165, 1.54) is 32.2 Å². The zero-order valence-corrected chi connectivity index (χ0v) is 11.9. The average Bonchev–Trinajstić information content (AvgIpc) is 2.46. The van der Waals surface area contributed by atoms with E-state index in [-0.39, 0.29) is 23.6 Å². The lowest BCUT2D eigenvalue weighted by Crippen LogP contribution is -2.39. The van der Waals surface area contributed by atoms with Crippen LogP contribution in [0.4, 0.5) is 5.69 Å². The maximum atomic E-state index is 12.0. The third kappa shape index (κ3) is 4.16. The maximum absolute atomic E-state index is 12.0. The fourth-order valence-electron chi connectivity index (χ4n) is 1.58. The van der Waals surface area contributed by atoms with E-state index in [0.717, 1.165) is 0 Å². The highest BCUT2D eigenvalue weighted by atomic mass is 16.6. The number of rotatable bonds is 6. The van der Waals surface area contributed by atoms with E-state index in [2.05, 4.69) is 5.32 Å². The third-order valence-corrected chi connectivity index (χ3v) is 2.63. The normalized spacial score (nSPS) is 11.4. The van der Waals surface area contributed by atoms with Gasteiger partial charge in [-0.1, -0.05) is 0 Å². The number of amides is 1. The summed E-state index contributed by atoms with van der Waals surface area (Å²) >= 11 is 0. The van der Waals surface area contributed by atoms with Gasteiger partial charge in [0.25, 0.3) is 5.91 Å². The molecule has 1 unspecified atom stereocenters. The lowest BCUT2D eigenvalue weighted by Gasteiger charge is -2.13. The number of carbonyl (C=O) groups is 2. The van der Waals surface area contributed by atoms with Crippen molar-refractivity contribution in [2.24, 2.45) is 0 Å². The van der Waals surface area contributed by atoms with Gasteiger partial charge in [-0.05, 0) is 19.9 Å². The Kier molecular flexibility index (Phi) is 5.65. The number of nitro benzene ring substituents is 1. The molecule has 1 atom stereocenters. The summed E-state index contributed by atoms with van der Waals surface area (Å²) < 4.78 is 9.64. The SMILES string of the molecule is CCOC(=O)C(C)NC(=O)c1ccc([N+](=O)[O-])c(OC)c1. The Morgan fingerprint density at radius 3 is 2.62 bits per heavy atom. The van der Waals surface area contributed by atoms with Gasteiger partial charge in [-0.15, -0.1) is 0 Å². The molecule has 0 aromatic heterocycles. The molecule has 1 amide bonds. The Morgan fingerprint density at radius 2 is 2.10 bits per heavy atom. The zero-order valence-electron chi connectivity index (χ0n) is 11.9. The van der Waals surface area contributed by atoms with Gasteiger partial charge in [0.2, 0.25) is 0 Å². The monoisotopic (exact) mass is 296 g/mol. The smallest absolute Gasteiger partial charge is 0.328 e. The summed E-state index contributed by atoms with van der Waals surface area (Å²) in [5, 5.41) is 13.2. The van der Waals surface area contributed by atoms with Crippen LogP contribution in [0.15, 0.2) is 18.2 Å². The standard InChI is InChI=1S/C13H16N2O6/c1-4-21-13(17)8(2)14-12(16)9-5-6-10(15(18)19)11(7-9)20-3/h5-8H,4H2,1-3H3,(H,14,16). The summed E-state index contributed by atoms with van der Waals surface area (Å²) in [7, 11) is 1.27. The van der Waals surface area contributed by atoms with E-state index >= 15 is 0 Å². The zero-order chi connectivity index (χ0) is 16.0. The molecule has 21 heavy (non-hydrogen) atoms. The molecule has 114 valence electrons. The molecule has 1 aromatic rings. The van der Waals surface area contributed by atoms with Crippen LogP contribution in [0.25, 0.3) is 0 Å². The molecule has 0 radical (unpaired) electrons. The highest BCUT2D eigenvalue weighted by Gasteiger charge is 2.20. The van der Waals surface area contributed by atoms with Crippen molar-refractivity contribution < 1.29 is 24.0 Å². The van der Waals surface area contributed by atoms with E-state index in [9.17, 15) is 19.7 Å². The molecule has 0 heterocycles. The molecule has 8 heteroatoms. The quantitative estimate of drug-likeness (QED) is 0.481. The molecule has 0 saturated carbocycles. The average molecular weight is 296 g/mol. The van der Waals surface area contributed by atoms with Crippen LogP contribution in [0.2, 0.25) is 0 Å². The minimum atomic E-state index is -0.821. The second kappa shape index (κ2) is 7.22. The molecule has 8 nitrogen and oxygen atoms in total. The highest BCUT2D eigenvalue weighted by Crippen LogP contribution is 2.27. The fourth-order valence-corrected chi connectivity index (χ4v) is 1.58. The van der Waals surface area contributed by atoms with Crippen molar-refractivity contribution in [3.05, 3.63) is 33.9 Å². The lowest BCUT2D eigenvalue weighted by molar-refractivity contribution is -0.385. The predicted molar refractivity (Wildman–Crippen MR) is 73.2 cm³/mol. The molecule has 1 aromatic carbocycles. The van der Waals surface area contributed by atoms with Crippen LogP contribution in [-0.4, -0.2) is 36.6 Å². The second-order valence-corrected chi connectivity index (χ2v) is 4.09. The number of hydrogen-bond acceptors (Lipinski definition) is 6. The van der Waals surface area contributed by atoms with Crippen molar-refractivity contribution in [3.63, 3.8) is 0 Å². The Labute approximate surface area is 121 Å². The number of nitro groups is 1. The summed E-state index contributed by atoms with van der Waals surface area (Å²) in [4.78, 5) is 33.5. The molecule has 0 fully saturated rings. The summed E-state index contributed by atoms with van der Waals surface area (Å²) in [5.41, 5.74) is -0.0962. The van der Waals surface area contributed by atoms with Crippen molar-refractivity contribution in [2.75, 3.05) is 13.7 Å². The second-order valence-electron chi connectivity index (χ2n) is 4.09. The summed E-state index contributed by atoms with van der Waals surface area (Å²) in [6.07, 6.45) is 0. The van der Waals surface area contributed by atoms with Crippen molar-refractivity contribution >= 4 is 17.6 Å². The molecule has 0 saturated heterocycles. The van der Waals surface area contributed by atoms with E-state index in [4.69, 9.17) is 9.47 Å². The van der Waals surface area contributed by atoms with Gasteiger partial charge in [0, 0.05) is 17.7 Å². The van der Waals surface area contributed by atoms with Gasteiger partial charge in [0.1, 0.15) is 6.04 Å². The summed E-state index contributed by atoms with van der Waals surface area (Å²) in [6.45, 7) is 3.36. The summed E-state index contributed by atoms with van der Waals surface area (Å²) in [6, 6.07) is 2.88. The van der Waals surface area contributed by atoms with Crippen molar-refractivity contribution in [1.29, 1.82) is 0 Å². The van der Waals surface area contributed by atoms with Crippen LogP contribution in [0.3, 0.4) is 0 Å². The van der Waals surface area contributed by atoms with Crippen LogP contribution in [0.1, 0.15) is 24.2 Å². The topological polar surface area (TPSA) is 108 Å². The van der Waals surface area contributed by atoms with Gasteiger partial charge >= 0.3 is 11.7 Å². The number of carbonyl (C=O) groups excluding carboxylic acids is 2. The van der Waals surface area contributed by atoms with Gasteiger partial charge in [-0.25, -0.2) is 4.79 Å². The van der Waals surface area contributed by atoms with Crippen LogP contribution in [-0.2, 0) is 9.53 Å². The van der Waals surface area contributed by atoms with E-state index in [1.807, 2.05) is 0 Å². The number of ether oxygens (including phenoxy) is 2. The van der Waals surface area contributed by atoms with Crippen molar-refractivity contribution in [1.82, 2.24) is 5.32 Å². The number of hydrogen-bond donors (Lipinski definition) is 1. The molecule has 0 bridgehead atoms. The lowest BCUT2D eigenvalue weighted by atomic mass is 10.1. The maximum Gasteiger partial charge on any atom is 0.328 e. The third-order valence-electron chi connectivity index (χ3n) is 2.63. The van der Waals surface area contributed by atoms with Crippen LogP contribution in [0, 0.1) is 10.1 Å². The van der Waals surface area contributed by atoms with E-state index in [1.54, 1.807) is 6.92 Å². The van der Waals surface area contributed by atoms with Gasteiger partial charge in [0.05, 0.1) is 18.6 Å². The van der Waals surface area contributed by atoms with Crippen LogP contribution < -0.4 is 10.1 Å². The first-order chi connectivity index (χ1) is 9.90. The van der Waals surface area contributed by atoms with Crippen molar-refractivity contribution in [3.8, 4) is 5.75 Å². The van der Waals surface area contributed by atoms with E-state index < -0.39 is 22.8 Å². The molecule has 0 aliphatic rings. The molecule has 1 N–H and O–H groups in total. The van der Waals surface area contributed by atoms with Crippen LogP contribution >= 0.6 is 0 Å². The minimum Gasteiger partial charge on any atom is -0.490 e. The first-order valence-electron chi connectivity index (χ1n) is 6.20. The molecular weight excluding hydrogens is 280 g/mol. The van der Waals surface area contributed by atoms with Gasteiger partial charge < -0.3 is 14.8 Å². The molecular formula is C13H16N2O6. The number of benzene rings is 1. The molecule has 1 rings (SSSR count). The Morgan fingerprint density at radius 1 is 1.43 bits per heavy atom. The van der Waals surface area contributed by atoms with E-state index in [0.29, 0.717) is 0 Å². The van der Waals surface area contributed by atoms with Crippen molar-refractivity contribution in [2.45, 2.75) is 19.9 Å². The van der Waals surface area contributed by atoms with Gasteiger partial charge in [-0.2, -0.15) is 0 Å². The molecule has 0 aliphatic heterocycles. The number of nitrogens with zero attached hydrogens (tertiary/aromatic N) is 1.